The van der Waals surface area contributed by atoms with Crippen LogP contribution in [0.2, 0.25) is 0 Å². The average molecular weight is 264 g/mol. The van der Waals surface area contributed by atoms with E-state index < -0.39 is 0 Å². The van der Waals surface area contributed by atoms with Crippen LogP contribution in [0.15, 0.2) is 24.4 Å². The molecule has 0 amide bonds. The van der Waals surface area contributed by atoms with Gasteiger partial charge in [0.2, 0.25) is 0 Å². The summed E-state index contributed by atoms with van der Waals surface area (Å²) in [5.41, 5.74) is 7.36. The van der Waals surface area contributed by atoms with Crippen LogP contribution >= 0.6 is 0 Å². The first-order chi connectivity index (χ1) is 9.06. The molecule has 4 heteroatoms. The standard InChI is InChI=1S/C15H28N4/c1-5-13(16)15(14-9-6-7-10-17-14)19(4)12-8-11-18(2)3/h6-7,9-10,13,15H,5,8,11-12,16H2,1-4H3. The lowest BCUT2D eigenvalue weighted by molar-refractivity contribution is 0.196. The number of hydrogen-bond acceptors (Lipinski definition) is 4. The molecule has 1 rings (SSSR count). The number of pyridine rings is 1. The van der Waals surface area contributed by atoms with Crippen LogP contribution in [0.1, 0.15) is 31.5 Å². The maximum Gasteiger partial charge on any atom is 0.0671 e. The van der Waals surface area contributed by atoms with Crippen molar-refractivity contribution in [2.45, 2.75) is 31.8 Å². The summed E-state index contributed by atoms with van der Waals surface area (Å²) in [4.78, 5) is 9.03. The fourth-order valence-electron chi connectivity index (χ4n) is 2.32. The molecule has 1 aromatic rings. The molecule has 0 aliphatic heterocycles. The van der Waals surface area contributed by atoms with Crippen molar-refractivity contribution in [3.63, 3.8) is 0 Å². The summed E-state index contributed by atoms with van der Waals surface area (Å²) in [7, 11) is 6.35. The van der Waals surface area contributed by atoms with Gasteiger partial charge in [-0.1, -0.05) is 13.0 Å². The predicted molar refractivity (Wildman–Crippen MR) is 81.0 cm³/mol. The summed E-state index contributed by atoms with van der Waals surface area (Å²) in [6.07, 6.45) is 3.95. The minimum absolute atomic E-state index is 0.124. The molecule has 108 valence electrons. The van der Waals surface area contributed by atoms with Crippen molar-refractivity contribution < 1.29 is 0 Å². The second kappa shape index (κ2) is 8.25. The third-order valence-corrected chi connectivity index (χ3v) is 3.46. The van der Waals surface area contributed by atoms with Gasteiger partial charge in [0.15, 0.2) is 0 Å². The molecule has 0 aliphatic rings. The number of likely N-dealkylation sites (N-methyl/N-ethyl adjacent to an activating group) is 1. The van der Waals surface area contributed by atoms with E-state index in [1.165, 1.54) is 0 Å². The van der Waals surface area contributed by atoms with Crippen LogP contribution in [-0.2, 0) is 0 Å². The molecule has 0 spiro atoms. The van der Waals surface area contributed by atoms with Crippen molar-refractivity contribution in [1.29, 1.82) is 0 Å². The zero-order chi connectivity index (χ0) is 14.3. The van der Waals surface area contributed by atoms with Gasteiger partial charge in [-0.25, -0.2) is 0 Å². The number of hydrogen-bond donors (Lipinski definition) is 1. The summed E-state index contributed by atoms with van der Waals surface area (Å²) >= 11 is 0. The van der Waals surface area contributed by atoms with Crippen molar-refractivity contribution in [2.24, 2.45) is 5.73 Å². The molecule has 2 unspecified atom stereocenters. The minimum Gasteiger partial charge on any atom is -0.326 e. The van der Waals surface area contributed by atoms with Crippen LogP contribution in [0.25, 0.3) is 0 Å². The number of nitrogens with two attached hydrogens (primary N) is 1. The van der Waals surface area contributed by atoms with Crippen LogP contribution in [-0.4, -0.2) is 55.1 Å². The van der Waals surface area contributed by atoms with E-state index in [-0.39, 0.29) is 12.1 Å². The molecule has 0 saturated heterocycles. The van der Waals surface area contributed by atoms with Crippen molar-refractivity contribution in [2.75, 3.05) is 34.2 Å². The second-order valence-corrected chi connectivity index (χ2v) is 5.41. The highest BCUT2D eigenvalue weighted by Crippen LogP contribution is 2.22. The molecule has 0 fully saturated rings. The highest BCUT2D eigenvalue weighted by molar-refractivity contribution is 5.11. The second-order valence-electron chi connectivity index (χ2n) is 5.41. The largest absolute Gasteiger partial charge is 0.326 e. The Morgan fingerprint density at radius 2 is 1.95 bits per heavy atom. The summed E-state index contributed by atoms with van der Waals surface area (Å²) in [6, 6.07) is 6.38. The van der Waals surface area contributed by atoms with Crippen LogP contribution < -0.4 is 5.73 Å². The Labute approximate surface area is 117 Å². The first-order valence-corrected chi connectivity index (χ1v) is 7.07. The third kappa shape index (κ3) is 5.27. The van der Waals surface area contributed by atoms with Crippen LogP contribution in [0.4, 0.5) is 0 Å². The molecule has 0 aliphatic carbocycles. The normalized spacial score (nSPS) is 14.9. The van der Waals surface area contributed by atoms with Gasteiger partial charge in [0.05, 0.1) is 11.7 Å². The van der Waals surface area contributed by atoms with E-state index in [4.69, 9.17) is 5.73 Å². The monoisotopic (exact) mass is 264 g/mol. The first-order valence-electron chi connectivity index (χ1n) is 7.07. The Hall–Kier alpha value is -0.970. The highest BCUT2D eigenvalue weighted by atomic mass is 15.2. The SMILES string of the molecule is CCC(N)C(c1ccccn1)N(C)CCCN(C)C. The van der Waals surface area contributed by atoms with E-state index in [1.807, 2.05) is 18.3 Å². The maximum absolute atomic E-state index is 6.29. The molecule has 19 heavy (non-hydrogen) atoms. The lowest BCUT2D eigenvalue weighted by Crippen LogP contribution is -2.40. The number of rotatable bonds is 8. The summed E-state index contributed by atoms with van der Waals surface area (Å²) in [5.74, 6) is 0. The molecule has 0 saturated carbocycles. The van der Waals surface area contributed by atoms with E-state index in [9.17, 15) is 0 Å². The molecular weight excluding hydrogens is 236 g/mol. The van der Waals surface area contributed by atoms with E-state index in [0.29, 0.717) is 0 Å². The fourth-order valence-corrected chi connectivity index (χ4v) is 2.32. The van der Waals surface area contributed by atoms with Gasteiger partial charge in [-0.15, -0.1) is 0 Å². The fraction of sp³-hybridized carbons (Fsp3) is 0.667. The Kier molecular flexibility index (Phi) is 6.99. The van der Waals surface area contributed by atoms with E-state index >= 15 is 0 Å². The Balaban J connectivity index is 2.69. The average Bonchev–Trinajstić information content (AvgIpc) is 2.39. The minimum atomic E-state index is 0.124. The Morgan fingerprint density at radius 1 is 1.21 bits per heavy atom. The summed E-state index contributed by atoms with van der Waals surface area (Å²) in [5, 5.41) is 0. The number of aromatic nitrogens is 1. The van der Waals surface area contributed by atoms with Gasteiger partial charge in [0.25, 0.3) is 0 Å². The smallest absolute Gasteiger partial charge is 0.0671 e. The van der Waals surface area contributed by atoms with Gasteiger partial charge in [-0.3, -0.25) is 9.88 Å². The summed E-state index contributed by atoms with van der Waals surface area (Å²) < 4.78 is 0. The number of nitrogens with zero attached hydrogens (tertiary/aromatic N) is 3. The molecule has 1 aromatic heterocycles. The van der Waals surface area contributed by atoms with Gasteiger partial charge in [-0.05, 0) is 59.2 Å². The van der Waals surface area contributed by atoms with Crippen molar-refractivity contribution in [3.05, 3.63) is 30.1 Å². The van der Waals surface area contributed by atoms with Gasteiger partial charge in [-0.2, -0.15) is 0 Å². The predicted octanol–water partition coefficient (Wildman–Crippen LogP) is 1.74. The molecule has 1 heterocycles. The van der Waals surface area contributed by atoms with Crippen molar-refractivity contribution in [1.82, 2.24) is 14.8 Å². The van der Waals surface area contributed by atoms with E-state index in [1.54, 1.807) is 0 Å². The lowest BCUT2D eigenvalue weighted by atomic mass is 10.0. The van der Waals surface area contributed by atoms with Gasteiger partial charge in [0.1, 0.15) is 0 Å². The summed E-state index contributed by atoms with van der Waals surface area (Å²) in [6.45, 7) is 4.27. The molecular formula is C15H28N4. The van der Waals surface area contributed by atoms with Gasteiger partial charge < -0.3 is 10.6 Å². The maximum atomic E-state index is 6.29. The van der Waals surface area contributed by atoms with Gasteiger partial charge in [0, 0.05) is 12.2 Å². The van der Waals surface area contributed by atoms with Crippen LogP contribution in [0, 0.1) is 0 Å². The highest BCUT2D eigenvalue weighted by Gasteiger charge is 2.23. The zero-order valence-electron chi connectivity index (χ0n) is 12.7. The Bertz CT molecular complexity index is 339. The van der Waals surface area contributed by atoms with Crippen LogP contribution in [0.3, 0.4) is 0 Å². The molecule has 4 nitrogen and oxygen atoms in total. The quantitative estimate of drug-likeness (QED) is 0.777. The Morgan fingerprint density at radius 3 is 2.47 bits per heavy atom. The van der Waals surface area contributed by atoms with E-state index in [0.717, 1.165) is 31.6 Å². The zero-order valence-corrected chi connectivity index (χ0v) is 12.7. The molecule has 0 aromatic carbocycles. The first kappa shape index (κ1) is 16.1. The van der Waals surface area contributed by atoms with E-state index in [2.05, 4.69) is 48.9 Å². The third-order valence-electron chi connectivity index (χ3n) is 3.46. The lowest BCUT2D eigenvalue weighted by Gasteiger charge is -2.32. The molecule has 0 bridgehead atoms. The van der Waals surface area contributed by atoms with Gasteiger partial charge >= 0.3 is 0 Å². The molecule has 2 N–H and O–H groups in total. The van der Waals surface area contributed by atoms with Crippen LogP contribution in [0.5, 0.6) is 0 Å². The van der Waals surface area contributed by atoms with Crippen molar-refractivity contribution >= 4 is 0 Å². The topological polar surface area (TPSA) is 45.4 Å². The molecule has 2 atom stereocenters. The van der Waals surface area contributed by atoms with Crippen molar-refractivity contribution in [3.8, 4) is 0 Å². The molecule has 0 radical (unpaired) electrons.